The van der Waals surface area contributed by atoms with Crippen molar-refractivity contribution in [3.63, 3.8) is 0 Å². The van der Waals surface area contributed by atoms with E-state index in [0.717, 1.165) is 0 Å². The lowest BCUT2D eigenvalue weighted by molar-refractivity contribution is 0.224. The molecule has 0 aromatic heterocycles. The van der Waals surface area contributed by atoms with Gasteiger partial charge < -0.3 is 4.74 Å². The van der Waals surface area contributed by atoms with Gasteiger partial charge in [-0.2, -0.15) is 0 Å². The smallest absolute Gasteiger partial charge is 0.271 e. The zero-order chi connectivity index (χ0) is 10.6. The lowest BCUT2D eigenvalue weighted by atomic mass is 10.0. The van der Waals surface area contributed by atoms with Gasteiger partial charge in [-0.1, -0.05) is 0 Å². The van der Waals surface area contributed by atoms with Gasteiger partial charge in [-0.15, -0.1) is 0 Å². The number of hydrazine groups is 1. The molecule has 1 aliphatic heterocycles. The fourth-order valence-electron chi connectivity index (χ4n) is 1.34. The largest absolute Gasteiger partial charge is 0.470 e. The van der Waals surface area contributed by atoms with Crippen molar-refractivity contribution in [2.75, 3.05) is 18.1 Å². The Morgan fingerprint density at radius 2 is 2.07 bits per heavy atom. The minimum absolute atomic E-state index is 0.151. The predicted molar refractivity (Wildman–Crippen MR) is 57.3 cm³/mol. The molecule has 5 nitrogen and oxygen atoms in total. The van der Waals surface area contributed by atoms with Gasteiger partial charge in [-0.25, -0.2) is 14.3 Å². The average Bonchev–Trinajstić information content (AvgIpc) is 2.16. The standard InChI is InChI=1S/C7H14N2O3S2/c8-9-7(13)12-5-6-1-3-14(10,11)4-2-6/h6H,1-5,8H2,(H,9,13). The van der Waals surface area contributed by atoms with Crippen LogP contribution in [0.4, 0.5) is 0 Å². The molecule has 0 aromatic carbocycles. The second-order valence-corrected chi connectivity index (χ2v) is 6.01. The van der Waals surface area contributed by atoms with Crippen LogP contribution in [0.15, 0.2) is 0 Å². The molecule has 0 spiro atoms. The van der Waals surface area contributed by atoms with Crippen molar-refractivity contribution in [1.82, 2.24) is 5.43 Å². The van der Waals surface area contributed by atoms with Crippen LogP contribution in [0.5, 0.6) is 0 Å². The first-order valence-electron chi connectivity index (χ1n) is 4.37. The quantitative estimate of drug-likeness (QED) is 0.386. The summed E-state index contributed by atoms with van der Waals surface area (Å²) in [5.41, 5.74) is 2.21. The Labute approximate surface area is 88.9 Å². The average molecular weight is 238 g/mol. The molecule has 1 rings (SSSR count). The third kappa shape index (κ3) is 3.77. The van der Waals surface area contributed by atoms with Gasteiger partial charge in [0.1, 0.15) is 9.84 Å². The van der Waals surface area contributed by atoms with E-state index in [9.17, 15) is 8.42 Å². The maximum absolute atomic E-state index is 11.1. The summed E-state index contributed by atoms with van der Waals surface area (Å²) in [6.45, 7) is 0.443. The van der Waals surface area contributed by atoms with Crippen molar-refractivity contribution in [3.05, 3.63) is 0 Å². The van der Waals surface area contributed by atoms with Crippen LogP contribution in [-0.4, -0.2) is 31.7 Å². The summed E-state index contributed by atoms with van der Waals surface area (Å²) in [6, 6.07) is 0. The first kappa shape index (κ1) is 11.7. The van der Waals surface area contributed by atoms with Crippen LogP contribution in [-0.2, 0) is 14.6 Å². The van der Waals surface area contributed by atoms with Gasteiger partial charge in [0.15, 0.2) is 0 Å². The van der Waals surface area contributed by atoms with E-state index in [4.69, 9.17) is 22.8 Å². The van der Waals surface area contributed by atoms with E-state index in [1.54, 1.807) is 0 Å². The summed E-state index contributed by atoms with van der Waals surface area (Å²) in [7, 11) is -2.79. The molecule has 1 heterocycles. The molecule has 0 unspecified atom stereocenters. The van der Waals surface area contributed by atoms with E-state index >= 15 is 0 Å². The van der Waals surface area contributed by atoms with Gasteiger partial charge in [-0.3, -0.25) is 5.43 Å². The van der Waals surface area contributed by atoms with E-state index in [1.807, 2.05) is 0 Å². The van der Waals surface area contributed by atoms with Crippen molar-refractivity contribution in [2.24, 2.45) is 11.8 Å². The Morgan fingerprint density at radius 1 is 1.50 bits per heavy atom. The highest BCUT2D eigenvalue weighted by molar-refractivity contribution is 7.91. The first-order chi connectivity index (χ1) is 6.53. The highest BCUT2D eigenvalue weighted by Gasteiger charge is 2.23. The lowest BCUT2D eigenvalue weighted by Crippen LogP contribution is -2.33. The Kier molecular flexibility index (Phi) is 4.09. The maximum atomic E-state index is 11.1. The highest BCUT2D eigenvalue weighted by Crippen LogP contribution is 2.18. The molecule has 1 fully saturated rings. The normalized spacial score (nSPS) is 21.5. The molecule has 0 bridgehead atoms. The molecule has 1 aliphatic rings. The van der Waals surface area contributed by atoms with Crippen LogP contribution in [0, 0.1) is 5.92 Å². The second kappa shape index (κ2) is 4.90. The van der Waals surface area contributed by atoms with E-state index in [2.05, 4.69) is 5.43 Å². The van der Waals surface area contributed by atoms with Crippen molar-refractivity contribution < 1.29 is 13.2 Å². The molecule has 0 radical (unpaired) electrons. The van der Waals surface area contributed by atoms with Gasteiger partial charge in [0.25, 0.3) is 5.17 Å². The molecular formula is C7H14N2O3S2. The molecular weight excluding hydrogens is 224 g/mol. The Morgan fingerprint density at radius 3 is 2.57 bits per heavy atom. The Balaban J connectivity index is 2.26. The number of hydrogen-bond acceptors (Lipinski definition) is 5. The first-order valence-corrected chi connectivity index (χ1v) is 6.60. The van der Waals surface area contributed by atoms with Gasteiger partial charge in [0.05, 0.1) is 18.1 Å². The Bertz CT molecular complexity index is 288. The number of ether oxygens (including phenoxy) is 1. The molecule has 0 aromatic rings. The molecule has 0 aliphatic carbocycles. The summed E-state index contributed by atoms with van der Waals surface area (Å²) >= 11 is 4.69. The van der Waals surface area contributed by atoms with Crippen LogP contribution in [0.25, 0.3) is 0 Å². The number of sulfone groups is 1. The zero-order valence-corrected chi connectivity index (χ0v) is 9.36. The lowest BCUT2D eigenvalue weighted by Gasteiger charge is -2.21. The summed E-state index contributed by atoms with van der Waals surface area (Å²) in [4.78, 5) is 0. The monoisotopic (exact) mass is 238 g/mol. The summed E-state index contributed by atoms with van der Waals surface area (Å²) < 4.78 is 27.3. The summed E-state index contributed by atoms with van der Waals surface area (Å²) in [6.07, 6.45) is 1.30. The zero-order valence-electron chi connectivity index (χ0n) is 7.73. The van der Waals surface area contributed by atoms with Gasteiger partial charge in [-0.05, 0) is 31.0 Å². The number of nitrogens with one attached hydrogen (secondary N) is 1. The summed E-state index contributed by atoms with van der Waals surface area (Å²) in [5.74, 6) is 5.79. The van der Waals surface area contributed by atoms with Crippen LogP contribution >= 0.6 is 12.2 Å². The van der Waals surface area contributed by atoms with Crippen LogP contribution in [0.1, 0.15) is 12.8 Å². The molecule has 1 saturated heterocycles. The summed E-state index contributed by atoms with van der Waals surface area (Å²) in [5, 5.41) is 0.151. The topological polar surface area (TPSA) is 81.4 Å². The van der Waals surface area contributed by atoms with E-state index in [0.29, 0.717) is 19.4 Å². The van der Waals surface area contributed by atoms with Gasteiger partial charge in [0, 0.05) is 0 Å². The van der Waals surface area contributed by atoms with Crippen molar-refractivity contribution in [3.8, 4) is 0 Å². The second-order valence-electron chi connectivity index (χ2n) is 3.34. The van der Waals surface area contributed by atoms with Crippen LogP contribution < -0.4 is 11.3 Å². The highest BCUT2D eigenvalue weighted by atomic mass is 32.2. The molecule has 7 heteroatoms. The number of nitrogens with two attached hydrogens (primary N) is 1. The van der Waals surface area contributed by atoms with Crippen molar-refractivity contribution in [2.45, 2.75) is 12.8 Å². The molecule has 0 amide bonds. The number of thiocarbonyl (C=S) groups is 1. The minimum Gasteiger partial charge on any atom is -0.470 e. The van der Waals surface area contributed by atoms with Gasteiger partial charge in [0.2, 0.25) is 0 Å². The van der Waals surface area contributed by atoms with E-state index < -0.39 is 9.84 Å². The maximum Gasteiger partial charge on any atom is 0.271 e. The molecule has 3 N–H and O–H groups in total. The molecule has 82 valence electrons. The van der Waals surface area contributed by atoms with Crippen molar-refractivity contribution >= 4 is 27.2 Å². The fraction of sp³-hybridized carbons (Fsp3) is 0.857. The minimum atomic E-state index is -2.79. The third-order valence-corrected chi connectivity index (χ3v) is 4.19. The SMILES string of the molecule is NNC(=S)OCC1CCS(=O)(=O)CC1. The predicted octanol–water partition coefficient (Wildman–Crippen LogP) is -0.424. The Hall–Kier alpha value is -0.400. The van der Waals surface area contributed by atoms with E-state index in [-0.39, 0.29) is 22.6 Å². The van der Waals surface area contributed by atoms with Crippen molar-refractivity contribution in [1.29, 1.82) is 0 Å². The number of rotatable bonds is 2. The van der Waals surface area contributed by atoms with Gasteiger partial charge >= 0.3 is 0 Å². The molecule has 0 atom stereocenters. The van der Waals surface area contributed by atoms with Crippen LogP contribution in [0.2, 0.25) is 0 Å². The van der Waals surface area contributed by atoms with E-state index in [1.165, 1.54) is 0 Å². The fourth-order valence-corrected chi connectivity index (χ4v) is 3.00. The molecule has 14 heavy (non-hydrogen) atoms. The van der Waals surface area contributed by atoms with Crippen LogP contribution in [0.3, 0.4) is 0 Å². The molecule has 0 saturated carbocycles. The third-order valence-electron chi connectivity index (χ3n) is 2.24. The number of hydrogen-bond donors (Lipinski definition) is 2.